The van der Waals surface area contributed by atoms with Crippen LogP contribution in [0.15, 0.2) is 23.1 Å². The highest BCUT2D eigenvalue weighted by Crippen LogP contribution is 2.38. The van der Waals surface area contributed by atoms with Crippen molar-refractivity contribution in [3.8, 4) is 0 Å². The highest BCUT2D eigenvalue weighted by Gasteiger charge is 2.38. The minimum Gasteiger partial charge on any atom is -0.338 e. The van der Waals surface area contributed by atoms with Gasteiger partial charge in [0.2, 0.25) is 10.0 Å². The largest absolute Gasteiger partial charge is 0.338 e. The summed E-state index contributed by atoms with van der Waals surface area (Å²) in [6.45, 7) is 3.42. The van der Waals surface area contributed by atoms with Gasteiger partial charge in [-0.2, -0.15) is 0 Å². The number of fused-ring (bicyclic) bond motifs is 1. The molecule has 0 spiro atoms. The maximum atomic E-state index is 12.6. The van der Waals surface area contributed by atoms with Gasteiger partial charge < -0.3 is 4.90 Å². The third-order valence-corrected chi connectivity index (χ3v) is 5.68. The van der Waals surface area contributed by atoms with Crippen molar-refractivity contribution >= 4 is 15.9 Å². The Morgan fingerprint density at radius 1 is 1.24 bits per heavy atom. The second-order valence-corrected chi connectivity index (χ2v) is 7.74. The van der Waals surface area contributed by atoms with Crippen LogP contribution in [0.2, 0.25) is 0 Å². The first-order chi connectivity index (χ1) is 9.86. The average Bonchev–Trinajstić information content (AvgIpc) is 2.97. The molecular weight excluding hydrogens is 288 g/mol. The number of carbonyl (C=O) groups is 1. The van der Waals surface area contributed by atoms with E-state index in [4.69, 9.17) is 5.14 Å². The zero-order valence-corrected chi connectivity index (χ0v) is 12.9. The molecule has 2 fully saturated rings. The fourth-order valence-corrected chi connectivity index (χ4v) is 4.22. The summed E-state index contributed by atoms with van der Waals surface area (Å²) in [5, 5.41) is 5.11. The molecule has 0 bridgehead atoms. The van der Waals surface area contributed by atoms with Gasteiger partial charge in [-0.05, 0) is 55.4 Å². The lowest BCUT2D eigenvalue weighted by atomic mass is 10.0. The number of likely N-dealkylation sites (tertiary alicyclic amines) is 1. The normalized spacial score (nSPS) is 25.1. The maximum absolute atomic E-state index is 12.6. The third kappa shape index (κ3) is 2.70. The van der Waals surface area contributed by atoms with E-state index in [9.17, 15) is 13.2 Å². The number of hydrogen-bond donors (Lipinski definition) is 1. The SMILES string of the molecule is Cc1cc(S(N)(=O)=O)ccc1C(=O)N1CC2CCCC2C1. The first kappa shape index (κ1) is 14.5. The second kappa shape index (κ2) is 5.10. The van der Waals surface area contributed by atoms with E-state index in [1.807, 2.05) is 4.90 Å². The summed E-state index contributed by atoms with van der Waals surface area (Å²) in [7, 11) is -3.72. The number of primary sulfonamides is 1. The molecule has 2 aliphatic rings. The summed E-state index contributed by atoms with van der Waals surface area (Å²) in [6.07, 6.45) is 3.72. The smallest absolute Gasteiger partial charge is 0.254 e. The van der Waals surface area contributed by atoms with Gasteiger partial charge in [-0.3, -0.25) is 4.79 Å². The van der Waals surface area contributed by atoms with E-state index in [1.165, 1.54) is 31.4 Å². The Kier molecular flexibility index (Phi) is 3.53. The van der Waals surface area contributed by atoms with E-state index in [-0.39, 0.29) is 10.8 Å². The molecule has 2 atom stereocenters. The van der Waals surface area contributed by atoms with Gasteiger partial charge in [-0.25, -0.2) is 13.6 Å². The lowest BCUT2D eigenvalue weighted by Crippen LogP contribution is -2.30. The molecule has 1 saturated carbocycles. The van der Waals surface area contributed by atoms with Crippen LogP contribution in [0.1, 0.15) is 35.2 Å². The van der Waals surface area contributed by atoms with Crippen molar-refractivity contribution in [3.63, 3.8) is 0 Å². The van der Waals surface area contributed by atoms with Crippen LogP contribution < -0.4 is 5.14 Å². The Morgan fingerprint density at radius 2 is 1.86 bits per heavy atom. The van der Waals surface area contributed by atoms with Gasteiger partial charge >= 0.3 is 0 Å². The summed E-state index contributed by atoms with van der Waals surface area (Å²) in [5.74, 6) is 1.30. The molecule has 114 valence electrons. The van der Waals surface area contributed by atoms with Crippen molar-refractivity contribution in [3.05, 3.63) is 29.3 Å². The maximum Gasteiger partial charge on any atom is 0.254 e. The summed E-state index contributed by atoms with van der Waals surface area (Å²) in [6, 6.07) is 4.46. The predicted octanol–water partition coefficient (Wildman–Crippen LogP) is 1.51. The van der Waals surface area contributed by atoms with Gasteiger partial charge in [0, 0.05) is 18.7 Å². The molecule has 6 heteroatoms. The number of amides is 1. The Hall–Kier alpha value is -1.40. The molecule has 0 radical (unpaired) electrons. The molecule has 1 saturated heterocycles. The number of aryl methyl sites for hydroxylation is 1. The lowest BCUT2D eigenvalue weighted by Gasteiger charge is -2.18. The molecular formula is C15H20N2O3S. The number of nitrogens with two attached hydrogens (primary N) is 1. The van der Waals surface area contributed by atoms with E-state index in [0.717, 1.165) is 13.1 Å². The Balaban J connectivity index is 1.82. The summed E-state index contributed by atoms with van der Waals surface area (Å²) in [4.78, 5) is 14.6. The average molecular weight is 308 g/mol. The van der Waals surface area contributed by atoms with Crippen molar-refractivity contribution in [2.45, 2.75) is 31.1 Å². The Labute approximate surface area is 125 Å². The number of carbonyl (C=O) groups excluding carboxylic acids is 1. The zero-order valence-electron chi connectivity index (χ0n) is 12.1. The fraction of sp³-hybridized carbons (Fsp3) is 0.533. The van der Waals surface area contributed by atoms with Crippen molar-refractivity contribution in [2.24, 2.45) is 17.0 Å². The molecule has 1 aliphatic heterocycles. The summed E-state index contributed by atoms with van der Waals surface area (Å²) >= 11 is 0. The monoisotopic (exact) mass is 308 g/mol. The number of nitrogens with zero attached hydrogens (tertiary/aromatic N) is 1. The van der Waals surface area contributed by atoms with Gasteiger partial charge in [0.1, 0.15) is 0 Å². The van der Waals surface area contributed by atoms with Crippen LogP contribution in [-0.2, 0) is 10.0 Å². The van der Waals surface area contributed by atoms with Crippen molar-refractivity contribution < 1.29 is 13.2 Å². The molecule has 1 aromatic rings. The van der Waals surface area contributed by atoms with E-state index < -0.39 is 10.0 Å². The van der Waals surface area contributed by atoms with Crippen LogP contribution in [-0.4, -0.2) is 32.3 Å². The fourth-order valence-electron chi connectivity index (χ4n) is 3.62. The highest BCUT2D eigenvalue weighted by molar-refractivity contribution is 7.89. The molecule has 2 N–H and O–H groups in total. The lowest BCUT2D eigenvalue weighted by molar-refractivity contribution is 0.0780. The van der Waals surface area contributed by atoms with Gasteiger partial charge in [0.05, 0.1) is 4.90 Å². The van der Waals surface area contributed by atoms with E-state index >= 15 is 0 Å². The first-order valence-corrected chi connectivity index (χ1v) is 8.83. The molecule has 1 amide bonds. The molecule has 1 heterocycles. The Bertz CT molecular complexity index is 672. The van der Waals surface area contributed by atoms with Crippen LogP contribution in [0, 0.1) is 18.8 Å². The quantitative estimate of drug-likeness (QED) is 0.899. The molecule has 3 rings (SSSR count). The van der Waals surface area contributed by atoms with Crippen LogP contribution in [0.25, 0.3) is 0 Å². The summed E-state index contributed by atoms with van der Waals surface area (Å²) in [5.41, 5.74) is 1.23. The van der Waals surface area contributed by atoms with E-state index in [0.29, 0.717) is 23.0 Å². The van der Waals surface area contributed by atoms with Gasteiger partial charge in [0.25, 0.3) is 5.91 Å². The topological polar surface area (TPSA) is 80.5 Å². The third-order valence-electron chi connectivity index (χ3n) is 4.77. The highest BCUT2D eigenvalue weighted by atomic mass is 32.2. The number of hydrogen-bond acceptors (Lipinski definition) is 3. The van der Waals surface area contributed by atoms with Gasteiger partial charge in [0.15, 0.2) is 0 Å². The second-order valence-electron chi connectivity index (χ2n) is 6.18. The zero-order chi connectivity index (χ0) is 15.2. The number of sulfonamides is 1. The Morgan fingerprint density at radius 3 is 2.38 bits per heavy atom. The van der Waals surface area contributed by atoms with Crippen LogP contribution in [0.3, 0.4) is 0 Å². The van der Waals surface area contributed by atoms with E-state index in [1.54, 1.807) is 13.0 Å². The molecule has 5 nitrogen and oxygen atoms in total. The van der Waals surface area contributed by atoms with Crippen molar-refractivity contribution in [1.82, 2.24) is 4.90 Å². The van der Waals surface area contributed by atoms with Crippen LogP contribution >= 0.6 is 0 Å². The number of benzene rings is 1. The van der Waals surface area contributed by atoms with Crippen molar-refractivity contribution in [2.75, 3.05) is 13.1 Å². The predicted molar refractivity (Wildman–Crippen MR) is 79.3 cm³/mol. The molecule has 21 heavy (non-hydrogen) atoms. The summed E-state index contributed by atoms with van der Waals surface area (Å²) < 4.78 is 22.7. The van der Waals surface area contributed by atoms with E-state index in [2.05, 4.69) is 0 Å². The number of rotatable bonds is 2. The molecule has 2 unspecified atom stereocenters. The van der Waals surface area contributed by atoms with Gasteiger partial charge in [-0.15, -0.1) is 0 Å². The minimum absolute atomic E-state index is 0.00266. The molecule has 1 aliphatic carbocycles. The first-order valence-electron chi connectivity index (χ1n) is 7.29. The molecule has 1 aromatic carbocycles. The van der Waals surface area contributed by atoms with Gasteiger partial charge in [-0.1, -0.05) is 6.42 Å². The van der Waals surface area contributed by atoms with Crippen LogP contribution in [0.5, 0.6) is 0 Å². The standard InChI is InChI=1S/C15H20N2O3S/c1-10-7-13(21(16,19)20)5-6-14(10)15(18)17-8-11-3-2-4-12(11)9-17/h5-7,11-12H,2-4,8-9H2,1H3,(H2,16,19,20). The van der Waals surface area contributed by atoms with Crippen molar-refractivity contribution in [1.29, 1.82) is 0 Å². The molecule has 0 aromatic heterocycles. The minimum atomic E-state index is -3.72. The van der Waals surface area contributed by atoms with Crippen LogP contribution in [0.4, 0.5) is 0 Å².